The molecule has 0 aliphatic heterocycles. The van der Waals surface area contributed by atoms with Crippen molar-refractivity contribution in [3.05, 3.63) is 36.5 Å². The van der Waals surface area contributed by atoms with E-state index in [-0.39, 0.29) is 5.54 Å². The normalized spacial score (nSPS) is 12.0. The van der Waals surface area contributed by atoms with E-state index in [0.717, 1.165) is 16.6 Å². The van der Waals surface area contributed by atoms with E-state index in [9.17, 15) is 0 Å². The van der Waals surface area contributed by atoms with E-state index in [1.165, 1.54) is 0 Å². The van der Waals surface area contributed by atoms with Crippen molar-refractivity contribution in [3.8, 4) is 11.4 Å². The highest BCUT2D eigenvalue weighted by molar-refractivity contribution is 5.79. The van der Waals surface area contributed by atoms with Gasteiger partial charge in [0.1, 0.15) is 0 Å². The van der Waals surface area contributed by atoms with E-state index in [2.05, 4.69) is 46.2 Å². The van der Waals surface area contributed by atoms with Gasteiger partial charge in [-0.3, -0.25) is 9.97 Å². The summed E-state index contributed by atoms with van der Waals surface area (Å²) in [6.07, 6.45) is 3.34. The molecule has 0 bridgehead atoms. The molecule has 6 heteroatoms. The molecule has 2 aromatic heterocycles. The van der Waals surface area contributed by atoms with Crippen LogP contribution in [0.1, 0.15) is 26.7 Å². The third-order valence-electron chi connectivity index (χ3n) is 2.97. The van der Waals surface area contributed by atoms with Crippen LogP contribution in [0.15, 0.2) is 35.1 Å². The summed E-state index contributed by atoms with van der Waals surface area (Å²) in [6, 6.07) is 5.73. The van der Waals surface area contributed by atoms with E-state index in [4.69, 9.17) is 4.52 Å². The number of nitrogens with one attached hydrogen (secondary N) is 1. The second kappa shape index (κ2) is 5.21. The first-order chi connectivity index (χ1) is 10.0. The van der Waals surface area contributed by atoms with Gasteiger partial charge < -0.3 is 9.84 Å². The molecule has 0 fully saturated rings. The molecule has 2 heterocycles. The van der Waals surface area contributed by atoms with Gasteiger partial charge in [-0.2, -0.15) is 4.98 Å². The fourth-order valence-corrected chi connectivity index (χ4v) is 1.89. The number of aromatic nitrogens is 4. The zero-order valence-electron chi connectivity index (χ0n) is 12.3. The molecule has 6 nitrogen and oxygen atoms in total. The van der Waals surface area contributed by atoms with Gasteiger partial charge in [0.15, 0.2) is 0 Å². The summed E-state index contributed by atoms with van der Waals surface area (Å²) >= 11 is 0. The zero-order chi connectivity index (χ0) is 14.9. The molecule has 0 atom stereocenters. The van der Waals surface area contributed by atoms with Gasteiger partial charge in [0.05, 0.1) is 17.6 Å². The fourth-order valence-electron chi connectivity index (χ4n) is 1.89. The molecule has 108 valence electrons. The molecule has 0 amide bonds. The number of fused-ring (bicyclic) bond motifs is 1. The summed E-state index contributed by atoms with van der Waals surface area (Å²) in [5.74, 6) is 1.13. The average molecular weight is 283 g/mol. The third kappa shape index (κ3) is 3.22. The molecule has 3 aromatic rings. The Morgan fingerprint density at radius 2 is 1.86 bits per heavy atom. The maximum absolute atomic E-state index is 5.27. The van der Waals surface area contributed by atoms with Gasteiger partial charge in [0.25, 0.3) is 0 Å². The number of rotatable bonds is 3. The molecule has 1 aromatic carbocycles. The maximum atomic E-state index is 5.27. The van der Waals surface area contributed by atoms with Gasteiger partial charge in [-0.1, -0.05) is 5.16 Å². The van der Waals surface area contributed by atoms with Crippen LogP contribution < -0.4 is 5.32 Å². The Hall–Kier alpha value is -2.34. The first-order valence-electron chi connectivity index (χ1n) is 6.80. The molecule has 0 saturated carbocycles. The fraction of sp³-hybridized carbons (Fsp3) is 0.333. The van der Waals surface area contributed by atoms with Crippen molar-refractivity contribution in [2.75, 3.05) is 0 Å². The van der Waals surface area contributed by atoms with Crippen molar-refractivity contribution in [3.63, 3.8) is 0 Å². The molecule has 21 heavy (non-hydrogen) atoms. The SMILES string of the molecule is CC(C)(C)NCc1nc(-c2ccc3nccnc3c2)no1. The topological polar surface area (TPSA) is 76.7 Å². The minimum atomic E-state index is 0.00712. The molecule has 0 aliphatic carbocycles. The van der Waals surface area contributed by atoms with Gasteiger partial charge in [-0.25, -0.2) is 0 Å². The van der Waals surface area contributed by atoms with Crippen LogP contribution in [0, 0.1) is 0 Å². The molecule has 1 N–H and O–H groups in total. The third-order valence-corrected chi connectivity index (χ3v) is 2.97. The summed E-state index contributed by atoms with van der Waals surface area (Å²) in [7, 11) is 0. The minimum Gasteiger partial charge on any atom is -0.338 e. The number of hydrogen-bond donors (Lipinski definition) is 1. The van der Waals surface area contributed by atoms with Crippen molar-refractivity contribution >= 4 is 11.0 Å². The Labute approximate surface area is 122 Å². The smallest absolute Gasteiger partial charge is 0.240 e. The largest absolute Gasteiger partial charge is 0.338 e. The van der Waals surface area contributed by atoms with Crippen LogP contribution in [0.4, 0.5) is 0 Å². The highest BCUT2D eigenvalue weighted by Crippen LogP contribution is 2.20. The van der Waals surface area contributed by atoms with Gasteiger partial charge in [-0.15, -0.1) is 0 Å². The Balaban J connectivity index is 1.84. The quantitative estimate of drug-likeness (QED) is 0.796. The van der Waals surface area contributed by atoms with E-state index in [1.807, 2.05) is 18.2 Å². The summed E-state index contributed by atoms with van der Waals surface area (Å²) in [6.45, 7) is 6.81. The van der Waals surface area contributed by atoms with Crippen LogP contribution in [-0.2, 0) is 6.54 Å². The zero-order valence-corrected chi connectivity index (χ0v) is 12.3. The Kier molecular flexibility index (Phi) is 3.39. The van der Waals surface area contributed by atoms with E-state index in [0.29, 0.717) is 18.3 Å². The van der Waals surface area contributed by atoms with E-state index >= 15 is 0 Å². The minimum absolute atomic E-state index is 0.00712. The number of nitrogens with zero attached hydrogens (tertiary/aromatic N) is 4. The second-order valence-corrected chi connectivity index (χ2v) is 5.88. The Morgan fingerprint density at radius 1 is 1.10 bits per heavy atom. The van der Waals surface area contributed by atoms with Crippen LogP contribution in [0.5, 0.6) is 0 Å². The summed E-state index contributed by atoms with van der Waals surface area (Å²) in [5, 5.41) is 7.33. The molecule has 0 aliphatic rings. The van der Waals surface area contributed by atoms with Gasteiger partial charge >= 0.3 is 0 Å². The molecular formula is C15H17N5O. The summed E-state index contributed by atoms with van der Waals surface area (Å²) in [5.41, 5.74) is 2.54. The molecule has 0 unspecified atom stereocenters. The van der Waals surface area contributed by atoms with Gasteiger partial charge in [0.2, 0.25) is 11.7 Å². The van der Waals surface area contributed by atoms with Crippen LogP contribution in [0.25, 0.3) is 22.4 Å². The number of benzene rings is 1. The van der Waals surface area contributed by atoms with Crippen LogP contribution >= 0.6 is 0 Å². The van der Waals surface area contributed by atoms with E-state index < -0.39 is 0 Å². The lowest BCUT2D eigenvalue weighted by molar-refractivity contribution is 0.336. The van der Waals surface area contributed by atoms with Crippen molar-refractivity contribution in [1.29, 1.82) is 0 Å². The van der Waals surface area contributed by atoms with Crippen molar-refractivity contribution in [2.45, 2.75) is 32.9 Å². The Morgan fingerprint density at radius 3 is 2.62 bits per heavy atom. The van der Waals surface area contributed by atoms with Crippen molar-refractivity contribution < 1.29 is 4.52 Å². The molecular weight excluding hydrogens is 266 g/mol. The van der Waals surface area contributed by atoms with Crippen molar-refractivity contribution in [2.24, 2.45) is 0 Å². The summed E-state index contributed by atoms with van der Waals surface area (Å²) in [4.78, 5) is 12.9. The number of hydrogen-bond acceptors (Lipinski definition) is 6. The van der Waals surface area contributed by atoms with Gasteiger partial charge in [0, 0.05) is 23.5 Å². The monoisotopic (exact) mass is 283 g/mol. The molecule has 0 spiro atoms. The first kappa shape index (κ1) is 13.6. The maximum Gasteiger partial charge on any atom is 0.240 e. The van der Waals surface area contributed by atoms with E-state index in [1.54, 1.807) is 12.4 Å². The second-order valence-electron chi connectivity index (χ2n) is 5.88. The van der Waals surface area contributed by atoms with Crippen LogP contribution in [0.3, 0.4) is 0 Å². The first-order valence-corrected chi connectivity index (χ1v) is 6.80. The lowest BCUT2D eigenvalue weighted by Crippen LogP contribution is -2.35. The van der Waals surface area contributed by atoms with Gasteiger partial charge in [-0.05, 0) is 39.0 Å². The molecule has 0 radical (unpaired) electrons. The predicted molar refractivity (Wildman–Crippen MR) is 79.4 cm³/mol. The molecule has 0 saturated heterocycles. The lowest BCUT2D eigenvalue weighted by Gasteiger charge is -2.18. The Bertz CT molecular complexity index is 760. The summed E-state index contributed by atoms with van der Waals surface area (Å²) < 4.78 is 5.27. The average Bonchev–Trinajstić information content (AvgIpc) is 2.93. The highest BCUT2D eigenvalue weighted by atomic mass is 16.5. The molecule has 3 rings (SSSR count). The highest BCUT2D eigenvalue weighted by Gasteiger charge is 2.13. The lowest BCUT2D eigenvalue weighted by atomic mass is 10.1. The van der Waals surface area contributed by atoms with Crippen LogP contribution in [0.2, 0.25) is 0 Å². The standard InChI is InChI=1S/C15H17N5O/c1-15(2,3)18-9-13-19-14(20-21-13)10-4-5-11-12(8-10)17-7-6-16-11/h4-8,18H,9H2,1-3H3. The van der Waals surface area contributed by atoms with Crippen molar-refractivity contribution in [1.82, 2.24) is 25.4 Å². The predicted octanol–water partition coefficient (Wildman–Crippen LogP) is 2.57. The van der Waals surface area contributed by atoms with Crippen LogP contribution in [-0.4, -0.2) is 25.6 Å².